The Morgan fingerprint density at radius 2 is 2.05 bits per heavy atom. The van der Waals surface area contributed by atoms with Gasteiger partial charge in [-0.25, -0.2) is 4.98 Å². The molecule has 2 atom stereocenters. The van der Waals surface area contributed by atoms with Crippen molar-refractivity contribution in [1.29, 1.82) is 0 Å². The normalized spacial score (nSPS) is 21.4. The maximum atomic E-state index is 6.01. The fraction of sp³-hybridized carbons (Fsp3) is 0.375. The molecular weight excluding hydrogens is 286 g/mol. The molecule has 1 fully saturated rings. The number of pyridine rings is 2. The van der Waals surface area contributed by atoms with Crippen molar-refractivity contribution in [3.8, 4) is 0 Å². The number of aryl methyl sites for hydroxylation is 1. The molecule has 0 aliphatic carbocycles. The van der Waals surface area contributed by atoms with Crippen molar-refractivity contribution in [3.05, 3.63) is 52.9 Å². The molecule has 1 saturated heterocycles. The molecule has 1 N–H and O–H groups in total. The van der Waals surface area contributed by atoms with Crippen LogP contribution in [0.15, 0.2) is 36.7 Å². The van der Waals surface area contributed by atoms with Crippen LogP contribution in [0.25, 0.3) is 0 Å². The van der Waals surface area contributed by atoms with Gasteiger partial charge < -0.3 is 10.1 Å². The second-order valence-electron chi connectivity index (χ2n) is 5.37. The number of aromatic nitrogens is 2. The molecule has 0 amide bonds. The zero-order valence-electron chi connectivity index (χ0n) is 11.9. The van der Waals surface area contributed by atoms with E-state index in [1.165, 1.54) is 5.56 Å². The van der Waals surface area contributed by atoms with Crippen LogP contribution in [0.5, 0.6) is 0 Å². The van der Waals surface area contributed by atoms with Crippen LogP contribution in [-0.4, -0.2) is 29.2 Å². The summed E-state index contributed by atoms with van der Waals surface area (Å²) in [5.74, 6) is 1.29. The third-order valence-electron chi connectivity index (χ3n) is 3.80. The Hall–Kier alpha value is -1.65. The monoisotopic (exact) mass is 303 g/mol. The topological polar surface area (TPSA) is 47.0 Å². The fourth-order valence-corrected chi connectivity index (χ4v) is 2.70. The Labute approximate surface area is 129 Å². The minimum Gasteiger partial charge on any atom is -0.379 e. The predicted molar refractivity (Wildman–Crippen MR) is 83.6 cm³/mol. The minimum atomic E-state index is 0.270. The van der Waals surface area contributed by atoms with Crippen molar-refractivity contribution >= 4 is 17.4 Å². The van der Waals surface area contributed by atoms with Crippen molar-refractivity contribution in [2.45, 2.75) is 19.4 Å². The van der Waals surface area contributed by atoms with Gasteiger partial charge in [0.05, 0.1) is 30.0 Å². The van der Waals surface area contributed by atoms with Crippen LogP contribution in [0.1, 0.15) is 11.3 Å². The lowest BCUT2D eigenvalue weighted by atomic mass is 9.95. The summed E-state index contributed by atoms with van der Waals surface area (Å²) in [6, 6.07) is 8.17. The van der Waals surface area contributed by atoms with Gasteiger partial charge in [0.1, 0.15) is 5.82 Å². The first kappa shape index (κ1) is 14.3. The van der Waals surface area contributed by atoms with Crippen LogP contribution < -0.4 is 5.32 Å². The quantitative estimate of drug-likeness (QED) is 0.943. The Morgan fingerprint density at radius 3 is 2.81 bits per heavy atom. The molecule has 0 bridgehead atoms. The van der Waals surface area contributed by atoms with Gasteiger partial charge in [0.15, 0.2) is 0 Å². The number of anilines is 1. The van der Waals surface area contributed by atoms with Crippen LogP contribution in [0.4, 0.5) is 5.82 Å². The first-order valence-electron chi connectivity index (χ1n) is 7.08. The summed E-state index contributed by atoms with van der Waals surface area (Å²) in [6.45, 7) is 3.39. The van der Waals surface area contributed by atoms with Gasteiger partial charge in [-0.05, 0) is 43.2 Å². The molecular formula is C16H18ClN3O. The predicted octanol–water partition coefficient (Wildman–Crippen LogP) is 3.11. The highest BCUT2D eigenvalue weighted by molar-refractivity contribution is 6.31. The standard InChI is InChI=1S/C16H18ClN3O/c1-11-14(17)2-3-16(19-11)20-15-10-21-9-13(15)8-12-4-6-18-7-5-12/h2-7,13,15H,8-10H2,1H3,(H,19,20)/t13-,15+/m1/s1. The van der Waals surface area contributed by atoms with Crippen LogP contribution in [0.3, 0.4) is 0 Å². The Balaban J connectivity index is 1.68. The van der Waals surface area contributed by atoms with E-state index < -0.39 is 0 Å². The number of hydrogen-bond donors (Lipinski definition) is 1. The lowest BCUT2D eigenvalue weighted by Gasteiger charge is -2.20. The van der Waals surface area contributed by atoms with Crippen molar-refractivity contribution in [2.75, 3.05) is 18.5 Å². The van der Waals surface area contributed by atoms with Gasteiger partial charge in [0.25, 0.3) is 0 Å². The van der Waals surface area contributed by atoms with Crippen molar-refractivity contribution in [3.63, 3.8) is 0 Å². The molecule has 5 heteroatoms. The molecule has 2 aromatic heterocycles. The number of nitrogens with one attached hydrogen (secondary N) is 1. The smallest absolute Gasteiger partial charge is 0.126 e. The van der Waals surface area contributed by atoms with Gasteiger partial charge in [0, 0.05) is 18.3 Å². The number of nitrogens with zero attached hydrogens (tertiary/aromatic N) is 2. The Bertz CT molecular complexity index is 606. The van der Waals surface area contributed by atoms with E-state index in [9.17, 15) is 0 Å². The van der Waals surface area contributed by atoms with Crippen molar-refractivity contribution < 1.29 is 4.74 Å². The van der Waals surface area contributed by atoms with Crippen molar-refractivity contribution in [1.82, 2.24) is 9.97 Å². The Morgan fingerprint density at radius 1 is 1.24 bits per heavy atom. The summed E-state index contributed by atoms with van der Waals surface area (Å²) < 4.78 is 5.64. The SMILES string of the molecule is Cc1nc(N[C@H]2COC[C@H]2Cc2ccncc2)ccc1Cl. The molecule has 21 heavy (non-hydrogen) atoms. The number of ether oxygens (including phenoxy) is 1. The lowest BCUT2D eigenvalue weighted by Crippen LogP contribution is -2.29. The zero-order valence-corrected chi connectivity index (χ0v) is 12.7. The summed E-state index contributed by atoms with van der Waals surface area (Å²) in [7, 11) is 0. The number of halogens is 1. The van der Waals surface area contributed by atoms with Gasteiger partial charge in [-0.15, -0.1) is 0 Å². The van der Waals surface area contributed by atoms with Crippen LogP contribution in [-0.2, 0) is 11.2 Å². The highest BCUT2D eigenvalue weighted by atomic mass is 35.5. The maximum Gasteiger partial charge on any atom is 0.126 e. The lowest BCUT2D eigenvalue weighted by molar-refractivity contribution is 0.185. The average Bonchev–Trinajstić information content (AvgIpc) is 2.91. The van der Waals surface area contributed by atoms with Gasteiger partial charge in [-0.3, -0.25) is 4.98 Å². The van der Waals surface area contributed by atoms with E-state index in [4.69, 9.17) is 16.3 Å². The van der Waals surface area contributed by atoms with Gasteiger partial charge >= 0.3 is 0 Å². The third-order valence-corrected chi connectivity index (χ3v) is 4.20. The maximum absolute atomic E-state index is 6.01. The molecule has 0 unspecified atom stereocenters. The molecule has 4 nitrogen and oxygen atoms in total. The molecule has 0 radical (unpaired) electrons. The number of hydrogen-bond acceptors (Lipinski definition) is 4. The fourth-order valence-electron chi connectivity index (χ4n) is 2.60. The van der Waals surface area contributed by atoms with Crippen molar-refractivity contribution in [2.24, 2.45) is 5.92 Å². The second kappa shape index (κ2) is 6.41. The van der Waals surface area contributed by atoms with E-state index in [-0.39, 0.29) is 6.04 Å². The van der Waals surface area contributed by atoms with Gasteiger partial charge in [-0.1, -0.05) is 11.6 Å². The highest BCUT2D eigenvalue weighted by Crippen LogP contribution is 2.23. The molecule has 3 heterocycles. The largest absolute Gasteiger partial charge is 0.379 e. The zero-order chi connectivity index (χ0) is 14.7. The van der Waals surface area contributed by atoms with E-state index in [1.54, 1.807) is 0 Å². The summed E-state index contributed by atoms with van der Waals surface area (Å²) in [6.07, 6.45) is 4.64. The summed E-state index contributed by atoms with van der Waals surface area (Å²) in [5, 5.41) is 4.16. The third kappa shape index (κ3) is 3.52. The molecule has 0 spiro atoms. The van der Waals surface area contributed by atoms with Crippen LogP contribution >= 0.6 is 11.6 Å². The van der Waals surface area contributed by atoms with Gasteiger partial charge in [-0.2, -0.15) is 0 Å². The van der Waals surface area contributed by atoms with E-state index >= 15 is 0 Å². The Kier molecular flexibility index (Phi) is 4.36. The van der Waals surface area contributed by atoms with Gasteiger partial charge in [0.2, 0.25) is 0 Å². The summed E-state index contributed by atoms with van der Waals surface area (Å²) in [4.78, 5) is 8.52. The summed E-state index contributed by atoms with van der Waals surface area (Å²) >= 11 is 6.01. The van der Waals surface area contributed by atoms with Crippen LogP contribution in [0.2, 0.25) is 5.02 Å². The van der Waals surface area contributed by atoms with E-state index in [2.05, 4.69) is 27.4 Å². The van der Waals surface area contributed by atoms with E-state index in [1.807, 2.05) is 31.5 Å². The van der Waals surface area contributed by atoms with E-state index in [0.29, 0.717) is 17.5 Å². The molecule has 110 valence electrons. The summed E-state index contributed by atoms with van der Waals surface area (Å²) in [5.41, 5.74) is 2.12. The number of rotatable bonds is 4. The van der Waals surface area contributed by atoms with Crippen LogP contribution in [0, 0.1) is 12.8 Å². The molecule has 1 aliphatic rings. The molecule has 2 aromatic rings. The highest BCUT2D eigenvalue weighted by Gasteiger charge is 2.28. The molecule has 0 aromatic carbocycles. The molecule has 0 saturated carbocycles. The average molecular weight is 304 g/mol. The molecule has 3 rings (SSSR count). The minimum absolute atomic E-state index is 0.270. The first-order chi connectivity index (χ1) is 10.2. The molecule has 1 aliphatic heterocycles. The second-order valence-corrected chi connectivity index (χ2v) is 5.78. The first-order valence-corrected chi connectivity index (χ1v) is 7.46. The van der Waals surface area contributed by atoms with E-state index in [0.717, 1.165) is 24.5 Å².